The molecular weight excluding hydrogens is 208 g/mol. The van der Waals surface area contributed by atoms with Crippen molar-refractivity contribution >= 4 is 11.9 Å². The fraction of sp³-hybridized carbons (Fsp3) is 0.636. The molecule has 0 spiro atoms. The molecule has 0 aromatic rings. The third-order valence-electron chi connectivity index (χ3n) is 2.39. The highest BCUT2D eigenvalue weighted by Gasteiger charge is 2.31. The van der Waals surface area contributed by atoms with Crippen LogP contribution in [-0.2, 0) is 14.3 Å². The normalized spacial score (nSPS) is 21.1. The number of nitrogens with one attached hydrogen (secondary N) is 1. The van der Waals surface area contributed by atoms with Crippen LogP contribution in [0.1, 0.15) is 13.8 Å². The van der Waals surface area contributed by atoms with E-state index in [1.54, 1.807) is 24.8 Å². The summed E-state index contributed by atoms with van der Waals surface area (Å²) in [5, 5.41) is 3.08. The van der Waals surface area contributed by atoms with Crippen molar-refractivity contribution in [3.8, 4) is 0 Å². The van der Waals surface area contributed by atoms with Gasteiger partial charge in [0, 0.05) is 19.6 Å². The summed E-state index contributed by atoms with van der Waals surface area (Å²) in [4.78, 5) is 24.9. The average molecular weight is 226 g/mol. The molecule has 5 heteroatoms. The van der Waals surface area contributed by atoms with E-state index in [-0.39, 0.29) is 11.9 Å². The van der Waals surface area contributed by atoms with Crippen LogP contribution in [-0.4, -0.2) is 49.1 Å². The first-order valence-corrected chi connectivity index (χ1v) is 5.51. The van der Waals surface area contributed by atoms with Crippen LogP contribution < -0.4 is 5.32 Å². The van der Waals surface area contributed by atoms with Gasteiger partial charge < -0.3 is 15.0 Å². The van der Waals surface area contributed by atoms with Crippen LogP contribution in [0.25, 0.3) is 0 Å². The first-order valence-electron chi connectivity index (χ1n) is 5.51. The van der Waals surface area contributed by atoms with Crippen LogP contribution in [0.2, 0.25) is 0 Å². The molecule has 1 fully saturated rings. The highest BCUT2D eigenvalue weighted by molar-refractivity contribution is 5.91. The number of piperazine rings is 1. The van der Waals surface area contributed by atoms with E-state index >= 15 is 0 Å². The molecule has 5 nitrogen and oxygen atoms in total. The number of hydrogen-bond acceptors (Lipinski definition) is 4. The Morgan fingerprint density at radius 1 is 1.56 bits per heavy atom. The second-order valence-electron chi connectivity index (χ2n) is 3.50. The Morgan fingerprint density at radius 2 is 2.31 bits per heavy atom. The molecule has 0 aromatic heterocycles. The van der Waals surface area contributed by atoms with Crippen LogP contribution >= 0.6 is 0 Å². The Hall–Kier alpha value is -1.36. The van der Waals surface area contributed by atoms with Crippen LogP contribution in [0.3, 0.4) is 0 Å². The lowest BCUT2D eigenvalue weighted by atomic mass is 10.2. The molecule has 1 saturated heterocycles. The first-order chi connectivity index (χ1) is 7.70. The quantitative estimate of drug-likeness (QED) is 0.540. The van der Waals surface area contributed by atoms with Crippen molar-refractivity contribution in [3.63, 3.8) is 0 Å². The molecule has 1 amide bonds. The van der Waals surface area contributed by atoms with Crippen molar-refractivity contribution in [1.29, 1.82) is 0 Å². The second kappa shape index (κ2) is 6.27. The van der Waals surface area contributed by atoms with Crippen molar-refractivity contribution in [2.75, 3.05) is 26.2 Å². The Bertz CT molecular complexity index is 289. The SMILES string of the molecule is C/C=C/C(=O)N1CCNCC1C(=O)OCC. The summed E-state index contributed by atoms with van der Waals surface area (Å²) in [6, 6.07) is -0.502. The number of amides is 1. The molecule has 1 heterocycles. The van der Waals surface area contributed by atoms with Gasteiger partial charge in [-0.15, -0.1) is 0 Å². The van der Waals surface area contributed by atoms with E-state index in [9.17, 15) is 9.59 Å². The van der Waals surface area contributed by atoms with Crippen molar-refractivity contribution in [2.24, 2.45) is 0 Å². The van der Waals surface area contributed by atoms with Gasteiger partial charge in [0.05, 0.1) is 6.61 Å². The van der Waals surface area contributed by atoms with Gasteiger partial charge in [0.2, 0.25) is 5.91 Å². The number of carbonyl (C=O) groups is 2. The summed E-state index contributed by atoms with van der Waals surface area (Å²) >= 11 is 0. The zero-order valence-corrected chi connectivity index (χ0v) is 9.73. The molecule has 0 saturated carbocycles. The van der Waals surface area contributed by atoms with E-state index in [0.717, 1.165) is 0 Å². The van der Waals surface area contributed by atoms with Crippen molar-refractivity contribution in [2.45, 2.75) is 19.9 Å². The van der Waals surface area contributed by atoms with Gasteiger partial charge in [0.15, 0.2) is 0 Å². The molecule has 90 valence electrons. The molecule has 1 unspecified atom stereocenters. The molecular formula is C11H18N2O3. The van der Waals surface area contributed by atoms with Crippen LogP contribution in [0.5, 0.6) is 0 Å². The molecule has 1 atom stereocenters. The summed E-state index contributed by atoms with van der Waals surface area (Å²) in [5.74, 6) is -0.477. The van der Waals surface area contributed by atoms with E-state index in [4.69, 9.17) is 4.74 Å². The first kappa shape index (κ1) is 12.7. The van der Waals surface area contributed by atoms with Gasteiger partial charge in [-0.05, 0) is 19.9 Å². The highest BCUT2D eigenvalue weighted by Crippen LogP contribution is 2.06. The van der Waals surface area contributed by atoms with Crippen molar-refractivity contribution < 1.29 is 14.3 Å². The number of nitrogens with zero attached hydrogens (tertiary/aromatic N) is 1. The number of allylic oxidation sites excluding steroid dienone is 1. The lowest BCUT2D eigenvalue weighted by Crippen LogP contribution is -2.57. The monoisotopic (exact) mass is 226 g/mol. The largest absolute Gasteiger partial charge is 0.464 e. The maximum atomic E-state index is 11.7. The van der Waals surface area contributed by atoms with Crippen molar-refractivity contribution in [1.82, 2.24) is 10.2 Å². The Morgan fingerprint density at radius 3 is 2.94 bits per heavy atom. The lowest BCUT2D eigenvalue weighted by molar-refractivity contribution is -0.154. The number of hydrogen-bond donors (Lipinski definition) is 1. The van der Waals surface area contributed by atoms with Gasteiger partial charge in [-0.1, -0.05) is 6.08 Å². The van der Waals surface area contributed by atoms with E-state index < -0.39 is 6.04 Å². The number of carbonyl (C=O) groups excluding carboxylic acids is 2. The predicted molar refractivity (Wildman–Crippen MR) is 59.8 cm³/mol. The minimum Gasteiger partial charge on any atom is -0.464 e. The summed E-state index contributed by atoms with van der Waals surface area (Å²) in [6.45, 7) is 5.57. The number of ether oxygens (including phenoxy) is 1. The summed E-state index contributed by atoms with van der Waals surface area (Å²) in [7, 11) is 0. The molecule has 1 aliphatic rings. The molecule has 0 aromatic carbocycles. The average Bonchev–Trinajstić information content (AvgIpc) is 2.30. The molecule has 0 aliphatic carbocycles. The topological polar surface area (TPSA) is 58.6 Å². The standard InChI is InChI=1S/C11H18N2O3/c1-3-5-10(14)13-7-6-12-8-9(13)11(15)16-4-2/h3,5,9,12H,4,6-8H2,1-2H3/b5-3+. The third-order valence-corrected chi connectivity index (χ3v) is 2.39. The Balaban J connectivity index is 2.70. The van der Waals surface area contributed by atoms with E-state index in [0.29, 0.717) is 26.2 Å². The van der Waals surface area contributed by atoms with Crippen molar-refractivity contribution in [3.05, 3.63) is 12.2 Å². The van der Waals surface area contributed by atoms with Crippen LogP contribution in [0.4, 0.5) is 0 Å². The molecule has 1 rings (SSSR count). The number of esters is 1. The van der Waals surface area contributed by atoms with E-state index in [1.165, 1.54) is 6.08 Å². The highest BCUT2D eigenvalue weighted by atomic mass is 16.5. The predicted octanol–water partition coefficient (Wildman–Crippen LogP) is -0.0740. The zero-order valence-electron chi connectivity index (χ0n) is 9.73. The third kappa shape index (κ3) is 3.06. The lowest BCUT2D eigenvalue weighted by Gasteiger charge is -2.33. The van der Waals surface area contributed by atoms with Gasteiger partial charge in [-0.25, -0.2) is 4.79 Å². The molecule has 16 heavy (non-hydrogen) atoms. The van der Waals surface area contributed by atoms with Gasteiger partial charge >= 0.3 is 5.97 Å². The Kier molecular flexibility index (Phi) is 4.98. The molecule has 1 aliphatic heterocycles. The van der Waals surface area contributed by atoms with Gasteiger partial charge in [0.1, 0.15) is 6.04 Å². The maximum absolute atomic E-state index is 11.7. The molecule has 1 N–H and O–H groups in total. The Labute approximate surface area is 95.4 Å². The minimum absolute atomic E-state index is 0.137. The summed E-state index contributed by atoms with van der Waals surface area (Å²) < 4.78 is 4.94. The maximum Gasteiger partial charge on any atom is 0.330 e. The molecule has 0 radical (unpaired) electrons. The van der Waals surface area contributed by atoms with Crippen LogP contribution in [0, 0.1) is 0 Å². The summed E-state index contributed by atoms with van der Waals surface area (Å²) in [5.41, 5.74) is 0. The van der Waals surface area contributed by atoms with E-state index in [1.807, 2.05) is 0 Å². The van der Waals surface area contributed by atoms with Gasteiger partial charge in [-0.2, -0.15) is 0 Å². The minimum atomic E-state index is -0.502. The second-order valence-corrected chi connectivity index (χ2v) is 3.50. The zero-order chi connectivity index (χ0) is 12.0. The van der Waals surface area contributed by atoms with Crippen LogP contribution in [0.15, 0.2) is 12.2 Å². The van der Waals surface area contributed by atoms with E-state index in [2.05, 4.69) is 5.32 Å². The fourth-order valence-corrected chi connectivity index (χ4v) is 1.66. The van der Waals surface area contributed by atoms with Gasteiger partial charge in [0.25, 0.3) is 0 Å². The summed E-state index contributed by atoms with van der Waals surface area (Å²) in [6.07, 6.45) is 3.14. The number of rotatable bonds is 3. The fourth-order valence-electron chi connectivity index (χ4n) is 1.66. The van der Waals surface area contributed by atoms with Gasteiger partial charge in [-0.3, -0.25) is 4.79 Å². The molecule has 0 bridgehead atoms. The smallest absolute Gasteiger partial charge is 0.330 e.